The van der Waals surface area contributed by atoms with Crippen molar-refractivity contribution in [1.29, 1.82) is 0 Å². The number of aromatic carboxylic acids is 1. The second-order valence-corrected chi connectivity index (χ2v) is 3.63. The number of carboxylic acid groups (broad SMARTS) is 1. The summed E-state index contributed by atoms with van der Waals surface area (Å²) < 4.78 is 40.2. The zero-order valence-electron chi connectivity index (χ0n) is 9.46. The quantitative estimate of drug-likeness (QED) is 0.858. The summed E-state index contributed by atoms with van der Waals surface area (Å²) in [6.45, 7) is -0.372. The molecule has 0 spiro atoms. The summed E-state index contributed by atoms with van der Waals surface area (Å²) in [6.07, 6.45) is -3.48. The van der Waals surface area contributed by atoms with Crippen LogP contribution in [0.1, 0.15) is 21.9 Å². The molecule has 0 fully saturated rings. The average Bonchev–Trinajstić information content (AvgIpc) is 2.84. The summed E-state index contributed by atoms with van der Waals surface area (Å²) in [4.78, 5) is 10.7. The predicted molar refractivity (Wildman–Crippen MR) is 52.1 cm³/mol. The van der Waals surface area contributed by atoms with E-state index in [0.717, 1.165) is 0 Å². The van der Waals surface area contributed by atoms with E-state index >= 15 is 0 Å². The Morgan fingerprint density at radius 3 is 2.53 bits per heavy atom. The minimum Gasteiger partial charge on any atom is -0.476 e. The second kappa shape index (κ2) is 4.33. The molecule has 102 valence electrons. The van der Waals surface area contributed by atoms with E-state index in [1.165, 1.54) is 10.9 Å². The van der Waals surface area contributed by atoms with Crippen LogP contribution in [-0.2, 0) is 19.8 Å². The number of hydrogen-bond donors (Lipinski definition) is 1. The van der Waals surface area contributed by atoms with Crippen LogP contribution in [0.4, 0.5) is 13.2 Å². The van der Waals surface area contributed by atoms with Crippen LogP contribution in [0.5, 0.6) is 0 Å². The minimum atomic E-state index is -4.88. The van der Waals surface area contributed by atoms with E-state index in [-0.39, 0.29) is 12.2 Å². The number of carbonyl (C=O) groups is 1. The van der Waals surface area contributed by atoms with Crippen LogP contribution in [0.2, 0.25) is 0 Å². The molecule has 0 unspecified atom stereocenters. The van der Waals surface area contributed by atoms with Gasteiger partial charge in [0.05, 0.1) is 6.54 Å². The highest BCUT2D eigenvalue weighted by atomic mass is 19.4. The van der Waals surface area contributed by atoms with E-state index in [2.05, 4.69) is 20.6 Å². The molecule has 0 aliphatic rings. The normalized spacial score (nSPS) is 11.8. The number of halogens is 3. The van der Waals surface area contributed by atoms with Crippen LogP contribution < -0.4 is 0 Å². The van der Waals surface area contributed by atoms with Gasteiger partial charge in [-0.25, -0.2) is 9.48 Å². The van der Waals surface area contributed by atoms with Gasteiger partial charge >= 0.3 is 12.1 Å². The molecule has 2 aromatic heterocycles. The van der Waals surface area contributed by atoms with Gasteiger partial charge < -0.3 is 5.11 Å². The van der Waals surface area contributed by atoms with Crippen LogP contribution in [0.25, 0.3) is 0 Å². The molecule has 0 atom stereocenters. The topological polar surface area (TPSA) is 98.7 Å². The van der Waals surface area contributed by atoms with Crippen molar-refractivity contribution >= 4 is 5.97 Å². The number of alkyl halides is 3. The summed E-state index contributed by atoms with van der Waals surface area (Å²) in [6, 6.07) is 0. The molecular formula is C8H7F3N6O2. The van der Waals surface area contributed by atoms with Crippen molar-refractivity contribution in [3.63, 3.8) is 0 Å². The number of hydrogen-bond acceptors (Lipinski definition) is 5. The minimum absolute atomic E-state index is 0.204. The van der Waals surface area contributed by atoms with Gasteiger partial charge in [0.25, 0.3) is 0 Å². The standard InChI is InChI=1S/C8H7F3N6O2/c1-16-2-4(12-14-16)3-17-6(8(9,10)11)5(7(18)19)13-15-17/h2H,3H2,1H3,(H,18,19). The molecule has 0 aliphatic heterocycles. The third kappa shape index (κ3) is 2.53. The molecule has 0 saturated heterocycles. The third-order valence-corrected chi connectivity index (χ3v) is 2.17. The molecule has 2 rings (SSSR count). The highest BCUT2D eigenvalue weighted by Crippen LogP contribution is 2.31. The lowest BCUT2D eigenvalue weighted by molar-refractivity contribution is -0.144. The van der Waals surface area contributed by atoms with Crippen molar-refractivity contribution in [3.05, 3.63) is 23.3 Å². The Labute approximate surface area is 103 Å². The van der Waals surface area contributed by atoms with E-state index < -0.39 is 23.5 Å². The Morgan fingerprint density at radius 1 is 1.37 bits per heavy atom. The van der Waals surface area contributed by atoms with Gasteiger partial charge in [0.15, 0.2) is 5.69 Å². The lowest BCUT2D eigenvalue weighted by atomic mass is 10.3. The molecule has 0 aliphatic carbocycles. The fourth-order valence-corrected chi connectivity index (χ4v) is 1.47. The third-order valence-electron chi connectivity index (χ3n) is 2.17. The number of aromatic nitrogens is 6. The van der Waals surface area contributed by atoms with Crippen LogP contribution in [0.15, 0.2) is 6.20 Å². The van der Waals surface area contributed by atoms with Gasteiger partial charge in [-0.05, 0) is 0 Å². The van der Waals surface area contributed by atoms with Crippen LogP contribution >= 0.6 is 0 Å². The Hall–Kier alpha value is -2.46. The Balaban J connectivity index is 2.43. The van der Waals surface area contributed by atoms with Gasteiger partial charge in [0.1, 0.15) is 5.69 Å². The van der Waals surface area contributed by atoms with Crippen molar-refractivity contribution in [3.8, 4) is 0 Å². The maximum atomic E-state index is 12.8. The molecule has 19 heavy (non-hydrogen) atoms. The molecule has 11 heteroatoms. The number of rotatable bonds is 3. The second-order valence-electron chi connectivity index (χ2n) is 3.63. The van der Waals surface area contributed by atoms with E-state index in [4.69, 9.17) is 5.11 Å². The van der Waals surface area contributed by atoms with Crippen LogP contribution in [-0.4, -0.2) is 41.1 Å². The smallest absolute Gasteiger partial charge is 0.435 e. The van der Waals surface area contributed by atoms with Crippen molar-refractivity contribution in [2.45, 2.75) is 12.7 Å². The maximum absolute atomic E-state index is 12.8. The fraction of sp³-hybridized carbons (Fsp3) is 0.375. The van der Waals surface area contributed by atoms with E-state index in [9.17, 15) is 18.0 Å². The summed E-state index contributed by atoms with van der Waals surface area (Å²) >= 11 is 0. The van der Waals surface area contributed by atoms with Crippen molar-refractivity contribution < 1.29 is 23.1 Å². The fourth-order valence-electron chi connectivity index (χ4n) is 1.47. The van der Waals surface area contributed by atoms with Gasteiger partial charge in [0.2, 0.25) is 5.69 Å². The van der Waals surface area contributed by atoms with Gasteiger partial charge in [-0.1, -0.05) is 10.4 Å². The zero-order valence-corrected chi connectivity index (χ0v) is 9.46. The number of nitrogens with zero attached hydrogens (tertiary/aromatic N) is 6. The molecule has 0 bridgehead atoms. The highest BCUT2D eigenvalue weighted by Gasteiger charge is 2.41. The first-order valence-electron chi connectivity index (χ1n) is 4.88. The Morgan fingerprint density at radius 2 is 2.05 bits per heavy atom. The summed E-state index contributed by atoms with van der Waals surface area (Å²) in [7, 11) is 1.55. The van der Waals surface area contributed by atoms with Gasteiger partial charge in [0, 0.05) is 13.2 Å². The van der Waals surface area contributed by atoms with Crippen molar-refractivity contribution in [1.82, 2.24) is 30.0 Å². The first-order chi connectivity index (χ1) is 8.79. The van der Waals surface area contributed by atoms with Crippen molar-refractivity contribution in [2.75, 3.05) is 0 Å². The van der Waals surface area contributed by atoms with Gasteiger partial charge in [-0.3, -0.25) is 4.68 Å². The Bertz CT molecular complexity index is 616. The molecule has 0 saturated carbocycles. The lowest BCUT2D eigenvalue weighted by Gasteiger charge is -2.08. The van der Waals surface area contributed by atoms with Gasteiger partial charge in [-0.15, -0.1) is 10.2 Å². The Kier molecular flexibility index (Phi) is 2.96. The van der Waals surface area contributed by atoms with E-state index in [1.54, 1.807) is 7.05 Å². The van der Waals surface area contributed by atoms with E-state index in [0.29, 0.717) is 4.68 Å². The first-order valence-corrected chi connectivity index (χ1v) is 4.88. The first kappa shape index (κ1) is 13.0. The van der Waals surface area contributed by atoms with Crippen LogP contribution in [0, 0.1) is 0 Å². The molecule has 0 radical (unpaired) electrons. The lowest BCUT2D eigenvalue weighted by Crippen LogP contribution is -2.19. The zero-order chi connectivity index (χ0) is 14.2. The number of carboxylic acids is 1. The van der Waals surface area contributed by atoms with Crippen molar-refractivity contribution in [2.24, 2.45) is 7.05 Å². The number of aryl methyl sites for hydroxylation is 1. The van der Waals surface area contributed by atoms with E-state index in [1.807, 2.05) is 0 Å². The van der Waals surface area contributed by atoms with Gasteiger partial charge in [-0.2, -0.15) is 13.2 Å². The summed E-state index contributed by atoms with van der Waals surface area (Å²) in [5.41, 5.74) is -2.36. The molecule has 8 nitrogen and oxygen atoms in total. The predicted octanol–water partition coefficient (Wildman–Crippen LogP) is 0.172. The SMILES string of the molecule is Cn1cc(Cn2nnc(C(=O)O)c2C(F)(F)F)nn1. The molecule has 1 N–H and O–H groups in total. The van der Waals surface area contributed by atoms with Crippen LogP contribution in [0.3, 0.4) is 0 Å². The largest absolute Gasteiger partial charge is 0.476 e. The monoisotopic (exact) mass is 276 g/mol. The molecule has 2 aromatic rings. The molecule has 0 aromatic carbocycles. The molecular weight excluding hydrogens is 269 g/mol. The summed E-state index contributed by atoms with van der Waals surface area (Å²) in [5.74, 6) is -1.79. The summed E-state index contributed by atoms with van der Waals surface area (Å²) in [5, 5.41) is 22.0. The highest BCUT2D eigenvalue weighted by molar-refractivity contribution is 5.86. The molecule has 2 heterocycles. The average molecular weight is 276 g/mol. The maximum Gasteiger partial charge on any atom is 0.435 e. The molecule has 0 amide bonds.